The van der Waals surface area contributed by atoms with E-state index in [1.807, 2.05) is 0 Å². The first-order chi connectivity index (χ1) is 7.79. The van der Waals surface area contributed by atoms with E-state index < -0.39 is 0 Å². The summed E-state index contributed by atoms with van der Waals surface area (Å²) in [6, 6.07) is 4.27. The van der Waals surface area contributed by atoms with Gasteiger partial charge in [0.25, 0.3) is 0 Å². The minimum atomic E-state index is 0.326. The summed E-state index contributed by atoms with van der Waals surface area (Å²) >= 11 is 0. The third kappa shape index (κ3) is 2.66. The molecule has 0 unspecified atom stereocenters. The van der Waals surface area contributed by atoms with Gasteiger partial charge in [-0.1, -0.05) is 0 Å². The number of aromatic nitrogens is 1. The molecule has 1 aromatic rings. The molecular weight excluding hydrogens is 200 g/mol. The summed E-state index contributed by atoms with van der Waals surface area (Å²) in [5, 5.41) is 12.5. The van der Waals surface area contributed by atoms with Gasteiger partial charge in [0.05, 0.1) is 0 Å². The third-order valence-corrected chi connectivity index (χ3v) is 3.67. The van der Waals surface area contributed by atoms with Gasteiger partial charge in [-0.15, -0.1) is 0 Å². The van der Waals surface area contributed by atoms with Gasteiger partial charge in [-0.2, -0.15) is 0 Å². The zero-order valence-corrected chi connectivity index (χ0v) is 10.1. The summed E-state index contributed by atoms with van der Waals surface area (Å²) in [6.07, 6.45) is 5.62. The van der Waals surface area contributed by atoms with E-state index in [0.29, 0.717) is 12.0 Å². The average molecular weight is 222 g/mol. The molecular formula is C13H22N2O. The Balaban J connectivity index is 1.76. The van der Waals surface area contributed by atoms with Crippen LogP contribution in [0.15, 0.2) is 18.3 Å². The van der Waals surface area contributed by atoms with Gasteiger partial charge in [-0.05, 0) is 43.7 Å². The maximum atomic E-state index is 8.98. The summed E-state index contributed by atoms with van der Waals surface area (Å²) in [5.74, 6) is 0. The summed E-state index contributed by atoms with van der Waals surface area (Å²) in [5.41, 5.74) is 1.76. The molecule has 16 heavy (non-hydrogen) atoms. The van der Waals surface area contributed by atoms with Crippen molar-refractivity contribution in [3.8, 4) is 0 Å². The lowest BCUT2D eigenvalue weighted by Gasteiger charge is -2.15. The first-order valence-electron chi connectivity index (χ1n) is 6.25. The zero-order chi connectivity index (χ0) is 11.4. The fourth-order valence-corrected chi connectivity index (χ4v) is 2.30. The average Bonchev–Trinajstić information content (AvgIpc) is 2.90. The van der Waals surface area contributed by atoms with Crippen LogP contribution in [0, 0.1) is 5.41 Å². The molecule has 1 fully saturated rings. The van der Waals surface area contributed by atoms with E-state index in [1.54, 1.807) is 0 Å². The van der Waals surface area contributed by atoms with E-state index in [-0.39, 0.29) is 0 Å². The van der Waals surface area contributed by atoms with E-state index in [9.17, 15) is 0 Å². The molecule has 0 amide bonds. The van der Waals surface area contributed by atoms with Gasteiger partial charge in [0.2, 0.25) is 0 Å². The highest BCUT2D eigenvalue weighted by molar-refractivity contribution is 5.07. The summed E-state index contributed by atoms with van der Waals surface area (Å²) < 4.78 is 2.26. The van der Waals surface area contributed by atoms with Crippen molar-refractivity contribution in [3.05, 3.63) is 24.0 Å². The molecule has 1 heterocycles. The Morgan fingerprint density at radius 1 is 1.50 bits per heavy atom. The second-order valence-corrected chi connectivity index (χ2v) is 4.86. The summed E-state index contributed by atoms with van der Waals surface area (Å²) in [6.45, 7) is 5.51. The number of aliphatic hydroxyl groups is 1. The van der Waals surface area contributed by atoms with Gasteiger partial charge in [-0.3, -0.25) is 0 Å². The van der Waals surface area contributed by atoms with Crippen LogP contribution in [0.3, 0.4) is 0 Å². The van der Waals surface area contributed by atoms with Gasteiger partial charge < -0.3 is 15.0 Å². The number of aliphatic hydroxyl groups excluding tert-OH is 1. The Morgan fingerprint density at radius 3 is 2.94 bits per heavy atom. The van der Waals surface area contributed by atoms with Crippen molar-refractivity contribution in [3.63, 3.8) is 0 Å². The van der Waals surface area contributed by atoms with Crippen LogP contribution < -0.4 is 5.32 Å². The van der Waals surface area contributed by atoms with Crippen LogP contribution in [0.5, 0.6) is 0 Å². The molecule has 3 heteroatoms. The topological polar surface area (TPSA) is 37.2 Å². The number of hydrogen-bond donors (Lipinski definition) is 2. The molecule has 1 saturated carbocycles. The molecule has 90 valence electrons. The molecule has 2 N–H and O–H groups in total. The molecule has 1 aromatic heterocycles. The quantitative estimate of drug-likeness (QED) is 0.737. The van der Waals surface area contributed by atoms with E-state index in [1.165, 1.54) is 18.5 Å². The van der Waals surface area contributed by atoms with Crippen molar-refractivity contribution in [1.82, 2.24) is 9.88 Å². The molecule has 1 aliphatic rings. The van der Waals surface area contributed by atoms with Crippen molar-refractivity contribution in [2.45, 2.75) is 39.3 Å². The van der Waals surface area contributed by atoms with Gasteiger partial charge in [0, 0.05) is 38.1 Å². The molecule has 1 aliphatic carbocycles. The van der Waals surface area contributed by atoms with Crippen molar-refractivity contribution >= 4 is 0 Å². The van der Waals surface area contributed by atoms with Crippen LogP contribution in [-0.4, -0.2) is 22.8 Å². The fraction of sp³-hybridized carbons (Fsp3) is 0.692. The smallest absolute Gasteiger partial charge is 0.0436 e. The van der Waals surface area contributed by atoms with E-state index in [0.717, 1.165) is 26.1 Å². The predicted molar refractivity (Wildman–Crippen MR) is 65.2 cm³/mol. The Labute approximate surface area is 97.5 Å². The van der Waals surface area contributed by atoms with Gasteiger partial charge >= 0.3 is 0 Å². The second-order valence-electron chi connectivity index (χ2n) is 4.86. The highest BCUT2D eigenvalue weighted by Crippen LogP contribution is 2.47. The van der Waals surface area contributed by atoms with Gasteiger partial charge in [-0.25, -0.2) is 0 Å². The van der Waals surface area contributed by atoms with Crippen LogP contribution in [0.25, 0.3) is 0 Å². The highest BCUT2D eigenvalue weighted by Gasteiger charge is 2.41. The Hall–Kier alpha value is -0.800. The molecule has 3 nitrogen and oxygen atoms in total. The lowest BCUT2D eigenvalue weighted by Crippen LogP contribution is -2.25. The van der Waals surface area contributed by atoms with Crippen LogP contribution in [0.4, 0.5) is 0 Å². The number of hydrogen-bond acceptors (Lipinski definition) is 2. The van der Waals surface area contributed by atoms with E-state index >= 15 is 0 Å². The monoisotopic (exact) mass is 222 g/mol. The largest absolute Gasteiger partial charge is 0.396 e. The lowest BCUT2D eigenvalue weighted by atomic mass is 10.0. The maximum Gasteiger partial charge on any atom is 0.0436 e. The molecule has 0 saturated heterocycles. The highest BCUT2D eigenvalue weighted by atomic mass is 16.3. The number of aryl methyl sites for hydroxylation is 1. The first kappa shape index (κ1) is 11.7. The maximum absolute atomic E-state index is 8.98. The fourth-order valence-electron chi connectivity index (χ4n) is 2.30. The van der Waals surface area contributed by atoms with Gasteiger partial charge in [0.1, 0.15) is 0 Å². The van der Waals surface area contributed by atoms with Gasteiger partial charge in [0.15, 0.2) is 0 Å². The molecule has 0 bridgehead atoms. The SMILES string of the molecule is CCn1cccc1CNCC1(CCO)CC1. The van der Waals surface area contributed by atoms with Crippen LogP contribution in [-0.2, 0) is 13.1 Å². The van der Waals surface area contributed by atoms with E-state index in [4.69, 9.17) is 5.11 Å². The molecule has 0 aromatic carbocycles. The molecule has 0 radical (unpaired) electrons. The normalized spacial score (nSPS) is 17.6. The number of nitrogens with zero attached hydrogens (tertiary/aromatic N) is 1. The molecule has 0 atom stereocenters. The summed E-state index contributed by atoms with van der Waals surface area (Å²) in [4.78, 5) is 0. The van der Waals surface area contributed by atoms with Crippen molar-refractivity contribution in [2.24, 2.45) is 5.41 Å². The van der Waals surface area contributed by atoms with E-state index in [2.05, 4.69) is 35.1 Å². The molecule has 0 aliphatic heterocycles. The minimum Gasteiger partial charge on any atom is -0.396 e. The van der Waals surface area contributed by atoms with Crippen molar-refractivity contribution in [1.29, 1.82) is 0 Å². The van der Waals surface area contributed by atoms with Crippen molar-refractivity contribution < 1.29 is 5.11 Å². The Morgan fingerprint density at radius 2 is 2.31 bits per heavy atom. The first-order valence-corrected chi connectivity index (χ1v) is 6.25. The van der Waals surface area contributed by atoms with Crippen LogP contribution in [0.1, 0.15) is 31.9 Å². The van der Waals surface area contributed by atoms with Crippen LogP contribution in [0.2, 0.25) is 0 Å². The lowest BCUT2D eigenvalue weighted by molar-refractivity contribution is 0.245. The zero-order valence-electron chi connectivity index (χ0n) is 10.1. The summed E-state index contributed by atoms with van der Waals surface area (Å²) in [7, 11) is 0. The minimum absolute atomic E-state index is 0.326. The molecule has 0 spiro atoms. The van der Waals surface area contributed by atoms with Crippen molar-refractivity contribution in [2.75, 3.05) is 13.2 Å². The third-order valence-electron chi connectivity index (χ3n) is 3.67. The molecule has 2 rings (SSSR count). The second kappa shape index (κ2) is 5.02. The Bertz CT molecular complexity index is 328. The number of rotatable bonds is 7. The predicted octanol–water partition coefficient (Wildman–Crippen LogP) is 1.76. The standard InChI is InChI=1S/C13H22N2O/c1-2-15-8-3-4-12(15)10-14-11-13(5-6-13)7-9-16/h3-4,8,14,16H,2,5-7,9-11H2,1H3. The van der Waals surface area contributed by atoms with Crippen LogP contribution >= 0.6 is 0 Å². The number of nitrogens with one attached hydrogen (secondary N) is 1. The Kier molecular flexibility index (Phi) is 3.66.